The average Bonchev–Trinajstić information content (AvgIpc) is 3.91. The molecular weight excluding hydrogens is 787 g/mol. The van der Waals surface area contributed by atoms with Crippen LogP contribution in [0.5, 0.6) is 0 Å². The Hall–Kier alpha value is -8.46. The van der Waals surface area contributed by atoms with Crippen LogP contribution in [0.15, 0.2) is 253 Å². The second-order valence-electron chi connectivity index (χ2n) is 17.2. The zero-order valence-electron chi connectivity index (χ0n) is 35.5. The van der Waals surface area contributed by atoms with Crippen LogP contribution in [-0.2, 0) is 5.41 Å². The number of furan rings is 1. The Morgan fingerprint density at radius 3 is 1.66 bits per heavy atom. The van der Waals surface area contributed by atoms with E-state index in [9.17, 15) is 0 Å². The van der Waals surface area contributed by atoms with Crippen LogP contribution < -0.4 is 4.90 Å². The SMILES string of the molecule is c1ccc(-c2cccc3c2oc2ccc(-c4ccc(N(c5ccc6c(c5)C(c5ccccc5)(c5ccccc5)c5ccccc5-6)c5ccc6ccc7ccccc7c6c5)cc4)cc23)cc1. The van der Waals surface area contributed by atoms with E-state index in [1.54, 1.807) is 0 Å². The van der Waals surface area contributed by atoms with E-state index in [2.05, 4.69) is 254 Å². The van der Waals surface area contributed by atoms with Crippen LogP contribution in [0.4, 0.5) is 17.1 Å². The van der Waals surface area contributed by atoms with Crippen molar-refractivity contribution in [3.63, 3.8) is 0 Å². The highest BCUT2D eigenvalue weighted by Gasteiger charge is 2.46. The molecule has 0 unspecified atom stereocenters. The molecule has 0 bridgehead atoms. The normalized spacial score (nSPS) is 12.7. The van der Waals surface area contributed by atoms with E-state index in [1.165, 1.54) is 54.9 Å². The van der Waals surface area contributed by atoms with Crippen LogP contribution in [0.3, 0.4) is 0 Å². The summed E-state index contributed by atoms with van der Waals surface area (Å²) >= 11 is 0. The third-order valence-electron chi connectivity index (χ3n) is 13.7. The second-order valence-corrected chi connectivity index (χ2v) is 17.2. The molecule has 0 N–H and O–H groups in total. The highest BCUT2D eigenvalue weighted by Crippen LogP contribution is 2.57. The maximum absolute atomic E-state index is 6.55. The number of anilines is 3. The predicted octanol–water partition coefficient (Wildman–Crippen LogP) is 17.1. The topological polar surface area (TPSA) is 16.4 Å². The molecule has 11 aromatic carbocycles. The summed E-state index contributed by atoms with van der Waals surface area (Å²) in [7, 11) is 0. The fourth-order valence-corrected chi connectivity index (χ4v) is 10.8. The van der Waals surface area contributed by atoms with Gasteiger partial charge in [-0.15, -0.1) is 0 Å². The lowest BCUT2D eigenvalue weighted by atomic mass is 9.67. The fourth-order valence-electron chi connectivity index (χ4n) is 10.8. The van der Waals surface area contributed by atoms with E-state index in [4.69, 9.17) is 4.42 Å². The summed E-state index contributed by atoms with van der Waals surface area (Å²) < 4.78 is 6.55. The molecule has 0 aliphatic heterocycles. The van der Waals surface area contributed by atoms with Gasteiger partial charge in [0.1, 0.15) is 11.2 Å². The second kappa shape index (κ2) is 14.8. The van der Waals surface area contributed by atoms with Crippen LogP contribution in [0.1, 0.15) is 22.3 Å². The maximum atomic E-state index is 6.55. The van der Waals surface area contributed by atoms with Gasteiger partial charge in [-0.05, 0) is 120 Å². The van der Waals surface area contributed by atoms with Crippen molar-refractivity contribution in [3.05, 3.63) is 271 Å². The van der Waals surface area contributed by atoms with Crippen molar-refractivity contribution in [1.29, 1.82) is 0 Å². The van der Waals surface area contributed by atoms with E-state index >= 15 is 0 Å². The van der Waals surface area contributed by atoms with Crippen molar-refractivity contribution in [2.45, 2.75) is 5.41 Å². The van der Waals surface area contributed by atoms with Gasteiger partial charge in [-0.25, -0.2) is 0 Å². The van der Waals surface area contributed by atoms with E-state index in [1.807, 2.05) is 0 Å². The first-order valence-electron chi connectivity index (χ1n) is 22.4. The summed E-state index contributed by atoms with van der Waals surface area (Å²) in [6, 6.07) is 90.9. The molecule has 0 fully saturated rings. The van der Waals surface area contributed by atoms with Crippen molar-refractivity contribution in [3.8, 4) is 33.4 Å². The number of para-hydroxylation sites is 1. The largest absolute Gasteiger partial charge is 0.455 e. The molecule has 2 nitrogen and oxygen atoms in total. The van der Waals surface area contributed by atoms with Crippen molar-refractivity contribution in [2.75, 3.05) is 4.90 Å². The number of fused-ring (bicyclic) bond motifs is 9. The molecule has 0 amide bonds. The van der Waals surface area contributed by atoms with Crippen LogP contribution >= 0.6 is 0 Å². The zero-order chi connectivity index (χ0) is 42.9. The summed E-state index contributed by atoms with van der Waals surface area (Å²) in [5.74, 6) is 0. The third-order valence-corrected chi connectivity index (χ3v) is 13.7. The van der Waals surface area contributed by atoms with Gasteiger partial charge in [-0.2, -0.15) is 0 Å². The highest BCUT2D eigenvalue weighted by atomic mass is 16.3. The van der Waals surface area contributed by atoms with E-state index in [0.29, 0.717) is 0 Å². The van der Waals surface area contributed by atoms with Crippen molar-refractivity contribution >= 4 is 60.5 Å². The molecule has 0 atom stereocenters. The summed E-state index contributed by atoms with van der Waals surface area (Å²) in [5, 5.41) is 7.17. The minimum atomic E-state index is -0.517. The first-order chi connectivity index (χ1) is 32.2. The van der Waals surface area contributed by atoms with Crippen LogP contribution in [0.25, 0.3) is 76.9 Å². The molecule has 1 aromatic heterocycles. The Labute approximate surface area is 377 Å². The molecule has 12 aromatic rings. The number of nitrogens with zero attached hydrogens (tertiary/aromatic N) is 1. The van der Waals surface area contributed by atoms with Crippen molar-refractivity contribution in [1.82, 2.24) is 0 Å². The Kier molecular flexibility index (Phi) is 8.47. The Morgan fingerprint density at radius 2 is 0.877 bits per heavy atom. The number of rotatable bonds is 7. The van der Waals surface area contributed by atoms with E-state index in [0.717, 1.165) is 61.3 Å². The van der Waals surface area contributed by atoms with Gasteiger partial charge in [0.25, 0.3) is 0 Å². The van der Waals surface area contributed by atoms with Crippen molar-refractivity contribution < 1.29 is 4.42 Å². The molecular formula is C63H41NO. The third kappa shape index (κ3) is 5.81. The molecule has 0 spiro atoms. The molecule has 65 heavy (non-hydrogen) atoms. The first kappa shape index (κ1) is 37.1. The lowest BCUT2D eigenvalue weighted by Crippen LogP contribution is -2.28. The molecule has 0 radical (unpaired) electrons. The van der Waals surface area contributed by atoms with Gasteiger partial charge in [0, 0.05) is 33.4 Å². The Bertz CT molecular complexity index is 3720. The molecule has 1 heterocycles. The molecule has 304 valence electrons. The highest BCUT2D eigenvalue weighted by molar-refractivity contribution is 6.11. The summed E-state index contributed by atoms with van der Waals surface area (Å²) in [5.41, 5.74) is 16.7. The number of hydrogen-bond donors (Lipinski definition) is 0. The quantitative estimate of drug-likeness (QED) is 0.149. The van der Waals surface area contributed by atoms with E-state index < -0.39 is 5.41 Å². The molecule has 0 saturated heterocycles. The number of hydrogen-bond acceptors (Lipinski definition) is 2. The Morgan fingerprint density at radius 1 is 0.308 bits per heavy atom. The van der Waals surface area contributed by atoms with E-state index in [-0.39, 0.29) is 0 Å². The zero-order valence-corrected chi connectivity index (χ0v) is 35.5. The van der Waals surface area contributed by atoms with Gasteiger partial charge in [0.15, 0.2) is 0 Å². The molecule has 1 aliphatic carbocycles. The average molecular weight is 828 g/mol. The molecule has 2 heteroatoms. The molecule has 13 rings (SSSR count). The smallest absolute Gasteiger partial charge is 0.143 e. The van der Waals surface area contributed by atoms with Crippen LogP contribution in [-0.4, -0.2) is 0 Å². The monoisotopic (exact) mass is 827 g/mol. The molecule has 1 aliphatic rings. The maximum Gasteiger partial charge on any atom is 0.143 e. The first-order valence-corrected chi connectivity index (χ1v) is 22.4. The number of benzene rings is 11. The van der Waals surface area contributed by atoms with Gasteiger partial charge in [0.2, 0.25) is 0 Å². The molecule has 0 saturated carbocycles. The lowest BCUT2D eigenvalue weighted by molar-refractivity contribution is 0.670. The minimum Gasteiger partial charge on any atom is -0.455 e. The Balaban J connectivity index is 0.990. The summed E-state index contributed by atoms with van der Waals surface area (Å²) in [6.45, 7) is 0. The van der Waals surface area contributed by atoms with Crippen LogP contribution in [0, 0.1) is 0 Å². The van der Waals surface area contributed by atoms with Gasteiger partial charge < -0.3 is 9.32 Å². The predicted molar refractivity (Wildman–Crippen MR) is 272 cm³/mol. The minimum absolute atomic E-state index is 0.517. The standard InChI is InChI=1S/C63H41NO/c1-4-15-43(16-5-1)53-24-14-25-56-58-39-46(32-38-61(58)65-62(53)56)42-29-33-49(34-30-42)64(50-35-31-45-28-27-44-17-10-11-22-52(44)57(45)40-50)51-36-37-55-54-23-12-13-26-59(54)63(60(55)41-51,47-18-6-2-7-19-47)48-20-8-3-9-21-48/h1-41H. The summed E-state index contributed by atoms with van der Waals surface area (Å²) in [4.78, 5) is 2.44. The van der Waals surface area contributed by atoms with Gasteiger partial charge >= 0.3 is 0 Å². The van der Waals surface area contributed by atoms with Gasteiger partial charge in [0.05, 0.1) is 5.41 Å². The van der Waals surface area contributed by atoms with Gasteiger partial charge in [-0.3, -0.25) is 0 Å². The summed E-state index contributed by atoms with van der Waals surface area (Å²) in [6.07, 6.45) is 0. The fraction of sp³-hybridized carbons (Fsp3) is 0.0159. The van der Waals surface area contributed by atoms with Crippen molar-refractivity contribution in [2.24, 2.45) is 0 Å². The van der Waals surface area contributed by atoms with Crippen LogP contribution in [0.2, 0.25) is 0 Å². The van der Waals surface area contributed by atoms with Gasteiger partial charge in [-0.1, -0.05) is 200 Å². The lowest BCUT2D eigenvalue weighted by Gasteiger charge is -2.35.